The van der Waals surface area contributed by atoms with Crippen molar-refractivity contribution in [2.75, 3.05) is 18.4 Å². The fraction of sp³-hybridized carbons (Fsp3) is 0.382. The smallest absolute Gasteiger partial charge is 0.319 e. The first-order valence-electron chi connectivity index (χ1n) is 15.2. The minimum absolute atomic E-state index is 0.131. The van der Waals surface area contributed by atoms with Gasteiger partial charge in [-0.15, -0.1) is 0 Å². The molecule has 0 saturated carbocycles. The maximum atomic E-state index is 13.8. The summed E-state index contributed by atoms with van der Waals surface area (Å²) >= 11 is 12.1. The van der Waals surface area contributed by atoms with Crippen molar-refractivity contribution in [2.24, 2.45) is 5.92 Å². The van der Waals surface area contributed by atoms with Crippen molar-refractivity contribution in [2.45, 2.75) is 63.8 Å². The molecular formula is C34H41Cl2N5O4. The summed E-state index contributed by atoms with van der Waals surface area (Å²) in [5, 5.41) is 24.0. The molecule has 4 atom stereocenters. The first-order valence-corrected chi connectivity index (χ1v) is 16.0. The fourth-order valence-electron chi connectivity index (χ4n) is 5.61. The van der Waals surface area contributed by atoms with Crippen molar-refractivity contribution in [1.82, 2.24) is 20.9 Å². The zero-order chi connectivity index (χ0) is 32.3. The van der Waals surface area contributed by atoms with E-state index in [0.717, 1.165) is 17.5 Å². The second-order valence-electron chi connectivity index (χ2n) is 11.7. The average molecular weight is 655 g/mol. The van der Waals surface area contributed by atoms with E-state index in [9.17, 15) is 19.5 Å². The molecule has 45 heavy (non-hydrogen) atoms. The number of nitrogens with one attached hydrogen (secondary N) is 4. The molecular weight excluding hydrogens is 613 g/mol. The lowest BCUT2D eigenvalue weighted by molar-refractivity contribution is -0.128. The lowest BCUT2D eigenvalue weighted by atomic mass is 9.93. The van der Waals surface area contributed by atoms with Gasteiger partial charge < -0.3 is 31.3 Å². The Bertz CT molecular complexity index is 1430. The third kappa shape index (κ3) is 10.1. The Morgan fingerprint density at radius 1 is 0.911 bits per heavy atom. The third-order valence-corrected chi connectivity index (χ3v) is 8.54. The van der Waals surface area contributed by atoms with Crippen molar-refractivity contribution >= 4 is 46.9 Å². The van der Waals surface area contributed by atoms with Crippen LogP contribution in [0.5, 0.6) is 0 Å². The number of hydrogen-bond donors (Lipinski definition) is 5. The number of rotatable bonds is 13. The van der Waals surface area contributed by atoms with Gasteiger partial charge in [0.05, 0.1) is 22.2 Å². The van der Waals surface area contributed by atoms with Gasteiger partial charge in [-0.1, -0.05) is 97.7 Å². The number of nitrogens with zero attached hydrogens (tertiary/aromatic N) is 1. The molecule has 1 unspecified atom stereocenters. The highest BCUT2D eigenvalue weighted by molar-refractivity contribution is 6.42. The number of aliphatic hydroxyl groups is 1. The summed E-state index contributed by atoms with van der Waals surface area (Å²) in [5.74, 6) is -0.408. The van der Waals surface area contributed by atoms with Gasteiger partial charge in [-0.25, -0.2) is 9.59 Å². The molecule has 0 bridgehead atoms. The molecule has 1 heterocycles. The third-order valence-electron chi connectivity index (χ3n) is 7.80. The van der Waals surface area contributed by atoms with Gasteiger partial charge in [0.25, 0.3) is 0 Å². The van der Waals surface area contributed by atoms with Crippen molar-refractivity contribution in [3.8, 4) is 0 Å². The highest BCUT2D eigenvalue weighted by Gasteiger charge is 2.35. The fourth-order valence-corrected chi connectivity index (χ4v) is 5.91. The molecule has 240 valence electrons. The first kappa shape index (κ1) is 34.1. The van der Waals surface area contributed by atoms with E-state index in [2.05, 4.69) is 21.3 Å². The number of carbonyl (C=O) groups is 3. The molecule has 0 aliphatic carbocycles. The van der Waals surface area contributed by atoms with Gasteiger partial charge in [0.15, 0.2) is 0 Å². The summed E-state index contributed by atoms with van der Waals surface area (Å²) in [7, 11) is 0. The number of benzene rings is 3. The van der Waals surface area contributed by atoms with Gasteiger partial charge >= 0.3 is 12.1 Å². The predicted molar refractivity (Wildman–Crippen MR) is 179 cm³/mol. The highest BCUT2D eigenvalue weighted by Crippen LogP contribution is 2.25. The van der Waals surface area contributed by atoms with Crippen molar-refractivity contribution in [3.05, 3.63) is 100 Å². The molecule has 3 aromatic carbocycles. The summed E-state index contributed by atoms with van der Waals surface area (Å²) < 4.78 is 0. The van der Waals surface area contributed by atoms with Crippen LogP contribution in [0.1, 0.15) is 37.8 Å². The standard InChI is InChI=1S/C34H41Cl2N5O4/c1-22(2)31(41-17-9-16-37-34(41)45)32(43)38-26(18-23-10-5-3-6-11-23)21-30(42)29(19-24-12-7-4-8-13-24)40-33(44)39-25-14-15-27(35)28(36)20-25/h3-8,10-15,20,22,26,29-31,42H,9,16-19,21H2,1-2H3,(H,37,45)(H,38,43)(H2,39,40,44)/t26-,29?,30-,31-/m0/s1. The second kappa shape index (κ2) is 16.5. The van der Waals surface area contributed by atoms with Crippen LogP contribution >= 0.6 is 23.2 Å². The number of hydrogen-bond acceptors (Lipinski definition) is 4. The van der Waals surface area contributed by atoms with Gasteiger partial charge in [-0.05, 0) is 60.9 Å². The zero-order valence-electron chi connectivity index (χ0n) is 25.5. The molecule has 9 nitrogen and oxygen atoms in total. The van der Waals surface area contributed by atoms with Crippen LogP contribution in [0.2, 0.25) is 10.0 Å². The predicted octanol–water partition coefficient (Wildman–Crippen LogP) is 5.64. The first-order chi connectivity index (χ1) is 21.6. The molecule has 1 saturated heterocycles. The molecule has 1 fully saturated rings. The average Bonchev–Trinajstić information content (AvgIpc) is 3.00. The number of anilines is 1. The van der Waals surface area contributed by atoms with Crippen molar-refractivity contribution < 1.29 is 19.5 Å². The number of carbonyl (C=O) groups excluding carboxylic acids is 3. The monoisotopic (exact) mass is 653 g/mol. The van der Waals surface area contributed by atoms with E-state index >= 15 is 0 Å². The van der Waals surface area contributed by atoms with E-state index in [-0.39, 0.29) is 24.3 Å². The lowest BCUT2D eigenvalue weighted by Crippen LogP contribution is -2.59. The topological polar surface area (TPSA) is 123 Å². The molecule has 5 N–H and O–H groups in total. The summed E-state index contributed by atoms with van der Waals surface area (Å²) in [6, 6.07) is 21.4. The summed E-state index contributed by atoms with van der Waals surface area (Å²) in [6.07, 6.45) is 0.683. The van der Waals surface area contributed by atoms with E-state index in [1.807, 2.05) is 74.5 Å². The Labute approximate surface area is 274 Å². The van der Waals surface area contributed by atoms with Crippen molar-refractivity contribution in [3.63, 3.8) is 0 Å². The van der Waals surface area contributed by atoms with Crippen molar-refractivity contribution in [1.29, 1.82) is 0 Å². The quantitative estimate of drug-likeness (QED) is 0.164. The molecule has 1 aliphatic heterocycles. The van der Waals surface area contributed by atoms with Gasteiger partial charge in [0.2, 0.25) is 5.91 Å². The van der Waals surface area contributed by atoms with E-state index in [1.54, 1.807) is 23.1 Å². The van der Waals surface area contributed by atoms with Crippen LogP contribution < -0.4 is 21.3 Å². The molecule has 11 heteroatoms. The molecule has 0 spiro atoms. The maximum absolute atomic E-state index is 13.8. The number of aliphatic hydroxyl groups excluding tert-OH is 1. The number of halogens is 2. The number of urea groups is 2. The van der Waals surface area contributed by atoms with E-state index in [1.165, 1.54) is 0 Å². The minimum atomic E-state index is -1.03. The van der Waals surface area contributed by atoms with Gasteiger partial charge in [-0.2, -0.15) is 0 Å². The molecule has 5 amide bonds. The number of amides is 5. The summed E-state index contributed by atoms with van der Waals surface area (Å²) in [4.78, 5) is 41.2. The Kier molecular flexibility index (Phi) is 12.5. The van der Waals surface area contributed by atoms with E-state index in [0.29, 0.717) is 41.7 Å². The summed E-state index contributed by atoms with van der Waals surface area (Å²) in [6.45, 7) is 4.91. The van der Waals surface area contributed by atoms with Gasteiger partial charge in [-0.3, -0.25) is 4.79 Å². The lowest BCUT2D eigenvalue weighted by Gasteiger charge is -2.37. The second-order valence-corrected chi connectivity index (χ2v) is 12.5. The van der Waals surface area contributed by atoms with Crippen LogP contribution in [0.15, 0.2) is 78.9 Å². The van der Waals surface area contributed by atoms with Crippen LogP contribution in [0.25, 0.3) is 0 Å². The molecule has 1 aliphatic rings. The highest BCUT2D eigenvalue weighted by atomic mass is 35.5. The van der Waals surface area contributed by atoms with Crippen LogP contribution in [0.4, 0.5) is 15.3 Å². The molecule has 0 radical (unpaired) electrons. The Hall–Kier alpha value is -3.79. The molecule has 4 rings (SSSR count). The van der Waals surface area contributed by atoms with Gasteiger partial charge in [0.1, 0.15) is 6.04 Å². The zero-order valence-corrected chi connectivity index (χ0v) is 27.0. The van der Waals surface area contributed by atoms with E-state index < -0.39 is 30.3 Å². The normalized spacial score (nSPS) is 15.9. The Morgan fingerprint density at radius 3 is 2.16 bits per heavy atom. The minimum Gasteiger partial charge on any atom is -0.391 e. The molecule has 0 aromatic heterocycles. The Balaban J connectivity index is 1.54. The van der Waals surface area contributed by atoms with Crippen LogP contribution in [-0.2, 0) is 17.6 Å². The Morgan fingerprint density at radius 2 is 1.56 bits per heavy atom. The van der Waals surface area contributed by atoms with Gasteiger partial charge in [0, 0.05) is 24.8 Å². The summed E-state index contributed by atoms with van der Waals surface area (Å²) in [5.41, 5.74) is 2.36. The molecule has 3 aromatic rings. The van der Waals surface area contributed by atoms with E-state index in [4.69, 9.17) is 23.2 Å². The largest absolute Gasteiger partial charge is 0.391 e. The SMILES string of the molecule is CC(C)[C@@H](C(=O)N[C@@H](Cc1ccccc1)C[C@H](O)C(Cc1ccccc1)NC(=O)Nc1ccc(Cl)c(Cl)c1)N1CCCNC1=O. The maximum Gasteiger partial charge on any atom is 0.319 e. The van der Waals surface area contributed by atoms with Crippen LogP contribution in [0, 0.1) is 5.92 Å². The van der Waals surface area contributed by atoms with Crippen LogP contribution in [0.3, 0.4) is 0 Å². The van der Waals surface area contributed by atoms with Crippen LogP contribution in [-0.4, -0.2) is 65.3 Å².